The minimum atomic E-state index is -0.575. The number of esters is 1. The standard InChI is InChI=1S/C5H12O3Si.C4H6O2/c1-5(2,3)7-4(6)8-9;1-3-6-4(2)5/h1-3,9H3;3H,1H2,2H3. The zero-order valence-electron chi connectivity index (χ0n) is 9.83. The minimum Gasteiger partial charge on any atom is -0.499 e. The van der Waals surface area contributed by atoms with Gasteiger partial charge in [-0.2, -0.15) is 0 Å². The van der Waals surface area contributed by atoms with E-state index in [2.05, 4.69) is 15.7 Å². The molecule has 0 saturated carbocycles. The molecule has 0 fully saturated rings. The normalized spacial score (nSPS) is 9.33. The van der Waals surface area contributed by atoms with E-state index in [1.165, 1.54) is 6.92 Å². The monoisotopic (exact) mass is 234 g/mol. The number of hydrogen-bond donors (Lipinski definition) is 0. The van der Waals surface area contributed by atoms with Crippen molar-refractivity contribution in [2.45, 2.75) is 33.3 Å². The number of carbonyl (C=O) groups is 2. The summed E-state index contributed by atoms with van der Waals surface area (Å²) in [6.45, 7) is 9.87. The molecule has 0 radical (unpaired) electrons. The van der Waals surface area contributed by atoms with Crippen molar-refractivity contribution in [3.05, 3.63) is 12.8 Å². The highest BCUT2D eigenvalue weighted by Gasteiger charge is 2.15. The van der Waals surface area contributed by atoms with Crippen LogP contribution in [-0.4, -0.2) is 28.2 Å². The highest BCUT2D eigenvalue weighted by atomic mass is 28.2. The van der Waals surface area contributed by atoms with Crippen LogP contribution >= 0.6 is 0 Å². The van der Waals surface area contributed by atoms with Crippen LogP contribution in [0.5, 0.6) is 0 Å². The Hall–Kier alpha value is -1.30. The van der Waals surface area contributed by atoms with Gasteiger partial charge in [-0.05, 0) is 20.8 Å². The highest BCUT2D eigenvalue weighted by molar-refractivity contribution is 6.04. The fourth-order valence-electron chi connectivity index (χ4n) is 0.409. The van der Waals surface area contributed by atoms with Crippen LogP contribution in [0.2, 0.25) is 0 Å². The molecule has 0 aliphatic carbocycles. The average Bonchev–Trinajstić information content (AvgIpc) is 2.01. The molecule has 0 unspecified atom stereocenters. The lowest BCUT2D eigenvalue weighted by atomic mass is 10.2. The van der Waals surface area contributed by atoms with Crippen LogP contribution in [0.1, 0.15) is 27.7 Å². The molecule has 6 heteroatoms. The van der Waals surface area contributed by atoms with E-state index in [1.54, 1.807) is 20.8 Å². The van der Waals surface area contributed by atoms with Crippen molar-refractivity contribution in [1.29, 1.82) is 0 Å². The molecule has 0 atom stereocenters. The summed E-state index contributed by atoms with van der Waals surface area (Å²) in [5.41, 5.74) is -0.429. The van der Waals surface area contributed by atoms with Crippen LogP contribution < -0.4 is 0 Å². The van der Waals surface area contributed by atoms with E-state index in [4.69, 9.17) is 4.74 Å². The molecule has 0 saturated heterocycles. The molecule has 0 aliphatic rings. The molecule has 0 aromatic carbocycles. The van der Waals surface area contributed by atoms with Gasteiger partial charge < -0.3 is 13.9 Å². The fraction of sp³-hybridized carbons (Fsp3) is 0.556. The van der Waals surface area contributed by atoms with Crippen LogP contribution in [0.15, 0.2) is 12.8 Å². The van der Waals surface area contributed by atoms with Gasteiger partial charge in [-0.15, -0.1) is 0 Å². The first-order chi connectivity index (χ1) is 6.72. The maximum absolute atomic E-state index is 10.4. The Labute approximate surface area is 92.9 Å². The van der Waals surface area contributed by atoms with Crippen molar-refractivity contribution in [2.75, 3.05) is 0 Å². The van der Waals surface area contributed by atoms with E-state index in [9.17, 15) is 9.59 Å². The van der Waals surface area contributed by atoms with E-state index < -0.39 is 11.8 Å². The van der Waals surface area contributed by atoms with Gasteiger partial charge in [-0.25, -0.2) is 4.79 Å². The van der Waals surface area contributed by atoms with Gasteiger partial charge in [0, 0.05) is 6.92 Å². The second kappa shape index (κ2) is 8.04. The summed E-state index contributed by atoms with van der Waals surface area (Å²) in [4.78, 5) is 20.2. The molecule has 0 heterocycles. The van der Waals surface area contributed by atoms with E-state index in [0.29, 0.717) is 10.5 Å². The third-order valence-corrected chi connectivity index (χ3v) is 1.14. The van der Waals surface area contributed by atoms with Gasteiger partial charge in [-0.3, -0.25) is 4.79 Å². The molecule has 15 heavy (non-hydrogen) atoms. The Kier molecular flexibility index (Phi) is 8.65. The first-order valence-electron chi connectivity index (χ1n) is 4.28. The lowest BCUT2D eigenvalue weighted by molar-refractivity contribution is -0.135. The summed E-state index contributed by atoms with van der Waals surface area (Å²) >= 11 is 0. The van der Waals surface area contributed by atoms with Gasteiger partial charge in [0.05, 0.1) is 6.26 Å². The number of ether oxygens (including phenoxy) is 2. The Bertz CT molecular complexity index is 219. The van der Waals surface area contributed by atoms with Gasteiger partial charge in [0.25, 0.3) is 0 Å². The maximum atomic E-state index is 10.4. The first kappa shape index (κ1) is 16.1. The Morgan fingerprint density at radius 2 is 1.80 bits per heavy atom. The Morgan fingerprint density at radius 3 is 1.87 bits per heavy atom. The zero-order chi connectivity index (χ0) is 12.5. The van der Waals surface area contributed by atoms with Gasteiger partial charge in [-0.1, -0.05) is 6.58 Å². The van der Waals surface area contributed by atoms with Gasteiger partial charge in [0.15, 0.2) is 0 Å². The lowest BCUT2D eigenvalue weighted by Crippen LogP contribution is -2.23. The van der Waals surface area contributed by atoms with E-state index in [1.807, 2.05) is 0 Å². The molecule has 0 N–H and O–H groups in total. The molecule has 0 amide bonds. The highest BCUT2D eigenvalue weighted by Crippen LogP contribution is 2.06. The maximum Gasteiger partial charge on any atom is 0.494 e. The van der Waals surface area contributed by atoms with Crippen LogP contribution in [-0.2, 0) is 18.7 Å². The topological polar surface area (TPSA) is 61.8 Å². The second-order valence-corrected chi connectivity index (χ2v) is 3.85. The third kappa shape index (κ3) is 19.2. The van der Waals surface area contributed by atoms with Crippen molar-refractivity contribution in [3.8, 4) is 0 Å². The summed E-state index contributed by atoms with van der Waals surface area (Å²) in [5, 5.41) is 0. The Balaban J connectivity index is 0. The number of hydrogen-bond acceptors (Lipinski definition) is 5. The molecule has 88 valence electrons. The summed E-state index contributed by atoms with van der Waals surface area (Å²) < 4.78 is 13.3. The molecular weight excluding hydrogens is 216 g/mol. The zero-order valence-corrected chi connectivity index (χ0v) is 11.8. The molecule has 0 aromatic heterocycles. The van der Waals surface area contributed by atoms with Crippen LogP contribution in [0.3, 0.4) is 0 Å². The lowest BCUT2D eigenvalue weighted by Gasteiger charge is -2.17. The largest absolute Gasteiger partial charge is 0.499 e. The average molecular weight is 234 g/mol. The number of carbonyl (C=O) groups excluding carboxylic acids is 2. The van der Waals surface area contributed by atoms with Gasteiger partial charge in [0.1, 0.15) is 5.60 Å². The molecule has 0 spiro atoms. The van der Waals surface area contributed by atoms with Crippen molar-refractivity contribution < 1.29 is 23.5 Å². The Morgan fingerprint density at radius 1 is 1.33 bits per heavy atom. The SMILES string of the molecule is C=COC(C)=O.CC(C)(C)OC(=O)O[SiH3]. The molecule has 0 aromatic rings. The number of rotatable bonds is 1. The van der Waals surface area contributed by atoms with E-state index >= 15 is 0 Å². The quantitative estimate of drug-likeness (QED) is 0.383. The van der Waals surface area contributed by atoms with Crippen molar-refractivity contribution >= 4 is 22.6 Å². The first-order valence-corrected chi connectivity index (χ1v) is 5.09. The predicted molar refractivity (Wildman–Crippen MR) is 59.2 cm³/mol. The minimum absolute atomic E-state index is 0.329. The summed E-state index contributed by atoms with van der Waals surface area (Å²) in [6, 6.07) is 0. The second-order valence-electron chi connectivity index (χ2n) is 3.44. The fourth-order valence-corrected chi connectivity index (χ4v) is 0.492. The summed E-state index contributed by atoms with van der Waals surface area (Å²) in [6.07, 6.45) is 0.525. The smallest absolute Gasteiger partial charge is 0.494 e. The van der Waals surface area contributed by atoms with E-state index in [0.717, 1.165) is 6.26 Å². The van der Waals surface area contributed by atoms with Gasteiger partial charge >= 0.3 is 12.1 Å². The molecule has 0 aliphatic heterocycles. The summed E-state index contributed by atoms with van der Waals surface area (Å²) in [7, 11) is 0.392. The van der Waals surface area contributed by atoms with Crippen molar-refractivity contribution in [2.24, 2.45) is 0 Å². The van der Waals surface area contributed by atoms with Crippen LogP contribution in [0.4, 0.5) is 4.79 Å². The summed E-state index contributed by atoms with van der Waals surface area (Å²) in [5.74, 6) is -0.329. The van der Waals surface area contributed by atoms with E-state index in [-0.39, 0.29) is 5.97 Å². The molecule has 0 rings (SSSR count). The van der Waals surface area contributed by atoms with Crippen LogP contribution in [0.25, 0.3) is 0 Å². The predicted octanol–water partition coefficient (Wildman–Crippen LogP) is 0.911. The van der Waals surface area contributed by atoms with Crippen LogP contribution in [0, 0.1) is 0 Å². The van der Waals surface area contributed by atoms with Crippen molar-refractivity contribution in [1.82, 2.24) is 0 Å². The van der Waals surface area contributed by atoms with Crippen molar-refractivity contribution in [3.63, 3.8) is 0 Å². The third-order valence-electron chi connectivity index (χ3n) is 0.805. The molecule has 0 bridgehead atoms. The molecule has 5 nitrogen and oxygen atoms in total. The molecular formula is C9H18O5Si. The van der Waals surface area contributed by atoms with Gasteiger partial charge in [0.2, 0.25) is 10.5 Å².